The number of carbonyl (C=O) groups is 2. The van der Waals surface area contributed by atoms with Crippen molar-refractivity contribution in [2.24, 2.45) is 5.10 Å². The van der Waals surface area contributed by atoms with Crippen molar-refractivity contribution in [1.82, 2.24) is 20.7 Å². The number of hydrogen-bond donors (Lipinski definition) is 3. The van der Waals surface area contributed by atoms with Crippen LogP contribution in [0.25, 0.3) is 0 Å². The first-order chi connectivity index (χ1) is 13.7. The Morgan fingerprint density at radius 1 is 1.25 bits per heavy atom. The van der Waals surface area contributed by atoms with Gasteiger partial charge in [-0.25, -0.2) is 15.2 Å². The van der Waals surface area contributed by atoms with Crippen LogP contribution >= 0.6 is 0 Å². The number of amides is 2. The van der Waals surface area contributed by atoms with Crippen molar-refractivity contribution < 1.29 is 18.7 Å². The Morgan fingerprint density at radius 2 is 2.11 bits per heavy atom. The molecule has 3 rings (SSSR count). The van der Waals surface area contributed by atoms with Crippen LogP contribution in [-0.4, -0.2) is 34.2 Å². The van der Waals surface area contributed by atoms with Crippen molar-refractivity contribution in [2.75, 3.05) is 0 Å². The number of alkyl carbamates (subject to hydrolysis) is 1. The Hall–Kier alpha value is -3.88. The minimum atomic E-state index is -0.905. The van der Waals surface area contributed by atoms with Crippen molar-refractivity contribution >= 4 is 18.2 Å². The normalized spacial score (nSPS) is 11.9. The third kappa shape index (κ3) is 5.84. The number of aromatic nitrogens is 2. The second-order valence-electron chi connectivity index (χ2n) is 5.79. The van der Waals surface area contributed by atoms with E-state index in [1.54, 1.807) is 18.3 Å². The summed E-state index contributed by atoms with van der Waals surface area (Å²) in [5.74, 6) is -0.0188. The van der Waals surface area contributed by atoms with Gasteiger partial charge in [-0.1, -0.05) is 30.3 Å². The highest BCUT2D eigenvalue weighted by Crippen LogP contribution is 2.03. The third-order valence-electron chi connectivity index (χ3n) is 3.71. The quantitative estimate of drug-likeness (QED) is 0.407. The highest BCUT2D eigenvalue weighted by molar-refractivity contribution is 5.87. The number of rotatable bonds is 8. The number of carbonyl (C=O) groups excluding carboxylic acids is 2. The lowest BCUT2D eigenvalue weighted by atomic mass is 10.1. The fourth-order valence-corrected chi connectivity index (χ4v) is 2.33. The van der Waals surface area contributed by atoms with E-state index in [1.807, 2.05) is 30.3 Å². The molecule has 0 bridgehead atoms. The minimum absolute atomic E-state index is 0.0989. The molecule has 2 aromatic heterocycles. The van der Waals surface area contributed by atoms with Crippen LogP contribution < -0.4 is 10.7 Å². The molecule has 1 atom stereocenters. The fraction of sp³-hybridized carbons (Fsp3) is 0.158. The van der Waals surface area contributed by atoms with Crippen molar-refractivity contribution in [3.63, 3.8) is 0 Å². The van der Waals surface area contributed by atoms with Gasteiger partial charge in [0.2, 0.25) is 0 Å². The molecule has 0 aliphatic rings. The molecule has 3 N–H and O–H groups in total. The summed E-state index contributed by atoms with van der Waals surface area (Å²) in [7, 11) is 0. The van der Waals surface area contributed by atoms with E-state index in [0.29, 0.717) is 11.5 Å². The standard InChI is InChI=1S/C19H19N5O4/c25-18(24-22-11-16-7-4-8-27-16)17(9-15-10-20-13-21-15)23-19(26)28-12-14-5-2-1-3-6-14/h1-8,10-11,13,17H,9,12H2,(H,20,21)(H,23,26)(H,24,25)/b22-11-/t17-/m1/s1. The molecule has 2 amide bonds. The van der Waals surface area contributed by atoms with Gasteiger partial charge >= 0.3 is 6.09 Å². The fourth-order valence-electron chi connectivity index (χ4n) is 2.33. The van der Waals surface area contributed by atoms with E-state index < -0.39 is 18.0 Å². The predicted octanol–water partition coefficient (Wildman–Crippen LogP) is 1.99. The van der Waals surface area contributed by atoms with Crippen LogP contribution in [0.3, 0.4) is 0 Å². The second-order valence-corrected chi connectivity index (χ2v) is 5.79. The number of nitrogens with one attached hydrogen (secondary N) is 3. The van der Waals surface area contributed by atoms with Crippen molar-refractivity contribution in [3.05, 3.63) is 78.3 Å². The van der Waals surface area contributed by atoms with Crippen LogP contribution in [0, 0.1) is 0 Å². The maximum atomic E-state index is 12.4. The van der Waals surface area contributed by atoms with Crippen LogP contribution in [0.4, 0.5) is 4.79 Å². The van der Waals surface area contributed by atoms with Gasteiger partial charge in [0.05, 0.1) is 18.8 Å². The van der Waals surface area contributed by atoms with Crippen LogP contribution in [0.1, 0.15) is 17.0 Å². The van der Waals surface area contributed by atoms with Crippen LogP contribution in [0.5, 0.6) is 0 Å². The molecule has 2 heterocycles. The molecule has 0 aliphatic carbocycles. The molecule has 9 heteroatoms. The largest absolute Gasteiger partial charge is 0.463 e. The van der Waals surface area contributed by atoms with E-state index in [2.05, 4.69) is 25.8 Å². The maximum absolute atomic E-state index is 12.4. The second kappa shape index (κ2) is 9.72. The Balaban J connectivity index is 1.57. The Morgan fingerprint density at radius 3 is 2.82 bits per heavy atom. The number of aromatic amines is 1. The summed E-state index contributed by atoms with van der Waals surface area (Å²) < 4.78 is 10.3. The number of ether oxygens (including phenoxy) is 1. The molecule has 9 nitrogen and oxygen atoms in total. The molecule has 0 aliphatic heterocycles. The molecule has 144 valence electrons. The molecule has 0 radical (unpaired) electrons. The van der Waals surface area contributed by atoms with Crippen molar-refractivity contribution in [3.8, 4) is 0 Å². The predicted molar refractivity (Wildman–Crippen MR) is 100 cm³/mol. The number of imidazole rings is 1. The number of H-pyrrole nitrogens is 1. The highest BCUT2D eigenvalue weighted by Gasteiger charge is 2.22. The van der Waals surface area contributed by atoms with E-state index in [9.17, 15) is 9.59 Å². The minimum Gasteiger partial charge on any atom is -0.463 e. The summed E-state index contributed by atoms with van der Waals surface area (Å²) in [6.45, 7) is 0.0989. The number of nitrogens with zero attached hydrogens (tertiary/aromatic N) is 2. The Bertz CT molecular complexity index is 892. The van der Waals surface area contributed by atoms with Gasteiger partial charge in [-0.15, -0.1) is 0 Å². The van der Waals surface area contributed by atoms with Crippen LogP contribution in [0.2, 0.25) is 0 Å². The van der Waals surface area contributed by atoms with Gasteiger partial charge in [0.1, 0.15) is 18.4 Å². The number of furan rings is 1. The molecule has 1 aromatic carbocycles. The van der Waals surface area contributed by atoms with Gasteiger partial charge in [-0.2, -0.15) is 5.10 Å². The lowest BCUT2D eigenvalue weighted by Crippen LogP contribution is -2.47. The van der Waals surface area contributed by atoms with Gasteiger partial charge in [0, 0.05) is 18.3 Å². The lowest BCUT2D eigenvalue weighted by molar-refractivity contribution is -0.123. The molecule has 28 heavy (non-hydrogen) atoms. The average molecular weight is 381 g/mol. The van der Waals surface area contributed by atoms with Crippen molar-refractivity contribution in [1.29, 1.82) is 0 Å². The molecule has 0 saturated carbocycles. The molecule has 3 aromatic rings. The first-order valence-corrected chi connectivity index (χ1v) is 8.51. The van der Waals surface area contributed by atoms with Gasteiger partial charge in [0.15, 0.2) is 0 Å². The molecule has 0 unspecified atom stereocenters. The van der Waals surface area contributed by atoms with Gasteiger partial charge < -0.3 is 19.5 Å². The zero-order chi connectivity index (χ0) is 19.6. The van der Waals surface area contributed by atoms with Gasteiger partial charge in [-0.05, 0) is 17.7 Å². The summed E-state index contributed by atoms with van der Waals surface area (Å²) in [5, 5.41) is 6.38. The van der Waals surface area contributed by atoms with Gasteiger partial charge in [0.25, 0.3) is 5.91 Å². The lowest BCUT2D eigenvalue weighted by Gasteiger charge is -2.16. The van der Waals surface area contributed by atoms with E-state index in [4.69, 9.17) is 9.15 Å². The Labute approximate surface area is 160 Å². The first kappa shape index (κ1) is 18.9. The molecule has 0 fully saturated rings. The summed E-state index contributed by atoms with van der Waals surface area (Å²) in [5.41, 5.74) is 3.90. The average Bonchev–Trinajstić information content (AvgIpc) is 3.41. The highest BCUT2D eigenvalue weighted by atomic mass is 16.5. The van der Waals surface area contributed by atoms with Gasteiger partial charge in [-0.3, -0.25) is 4.79 Å². The summed E-state index contributed by atoms with van der Waals surface area (Å²) in [6.07, 6.45) is 5.41. The maximum Gasteiger partial charge on any atom is 0.408 e. The van der Waals surface area contributed by atoms with Crippen LogP contribution in [-0.2, 0) is 22.6 Å². The molecular formula is C19H19N5O4. The zero-order valence-electron chi connectivity index (χ0n) is 14.9. The molecular weight excluding hydrogens is 362 g/mol. The summed E-state index contributed by atoms with van der Waals surface area (Å²) in [4.78, 5) is 31.4. The van der Waals surface area contributed by atoms with E-state index in [-0.39, 0.29) is 13.0 Å². The van der Waals surface area contributed by atoms with Crippen LogP contribution in [0.15, 0.2) is 70.8 Å². The van der Waals surface area contributed by atoms with Crippen molar-refractivity contribution in [2.45, 2.75) is 19.1 Å². The number of benzene rings is 1. The SMILES string of the molecule is O=C(N[C@H](Cc1cnc[nH]1)C(=O)N/N=C\c1ccco1)OCc1ccccc1. The summed E-state index contributed by atoms with van der Waals surface area (Å²) >= 11 is 0. The Kier molecular flexibility index (Phi) is 6.56. The van der Waals surface area contributed by atoms with E-state index in [0.717, 1.165) is 5.56 Å². The smallest absolute Gasteiger partial charge is 0.408 e. The van der Waals surface area contributed by atoms with E-state index in [1.165, 1.54) is 18.8 Å². The monoisotopic (exact) mass is 381 g/mol. The number of hydrogen-bond acceptors (Lipinski definition) is 6. The third-order valence-corrected chi connectivity index (χ3v) is 3.71. The molecule has 0 spiro atoms. The summed E-state index contributed by atoms with van der Waals surface area (Å²) in [6, 6.07) is 11.7. The first-order valence-electron chi connectivity index (χ1n) is 8.51. The topological polar surface area (TPSA) is 122 Å². The van der Waals surface area contributed by atoms with E-state index >= 15 is 0 Å². The molecule has 0 saturated heterocycles. The zero-order valence-corrected chi connectivity index (χ0v) is 14.9. The number of hydrazone groups is 1.